The second-order valence-electron chi connectivity index (χ2n) is 3.93. The summed E-state index contributed by atoms with van der Waals surface area (Å²) in [5, 5.41) is 11.5. The van der Waals surface area contributed by atoms with Crippen molar-refractivity contribution in [3.8, 4) is 0 Å². The molecule has 1 saturated carbocycles. The van der Waals surface area contributed by atoms with Crippen LogP contribution in [0.25, 0.3) is 0 Å². The van der Waals surface area contributed by atoms with Crippen molar-refractivity contribution in [1.29, 1.82) is 0 Å². The van der Waals surface area contributed by atoms with E-state index >= 15 is 0 Å². The van der Waals surface area contributed by atoms with Gasteiger partial charge in [-0.1, -0.05) is 19.1 Å². The van der Waals surface area contributed by atoms with Crippen LogP contribution >= 0.6 is 0 Å². The molecule has 90 valence electrons. The molecule has 0 aromatic rings. The molecule has 0 unspecified atom stereocenters. The van der Waals surface area contributed by atoms with Crippen molar-refractivity contribution in [3.63, 3.8) is 0 Å². The quantitative estimate of drug-likeness (QED) is 0.714. The largest absolute Gasteiger partial charge is 0.481 e. The number of ether oxygens (including phenoxy) is 1. The maximum absolute atomic E-state index is 11.2. The van der Waals surface area contributed by atoms with Crippen LogP contribution in [0.2, 0.25) is 0 Å². The molecule has 0 saturated heterocycles. The Hall–Kier alpha value is -1.52. The molecule has 5 heteroatoms. The number of amides is 1. The Kier molecular flexibility index (Phi) is 4.82. The van der Waals surface area contributed by atoms with Gasteiger partial charge in [-0.15, -0.1) is 0 Å². The summed E-state index contributed by atoms with van der Waals surface area (Å²) >= 11 is 0. The molecule has 0 aromatic carbocycles. The molecule has 1 amide bonds. The van der Waals surface area contributed by atoms with Crippen LogP contribution in [0.4, 0.5) is 4.79 Å². The normalized spacial score (nSPS) is 24.5. The van der Waals surface area contributed by atoms with Crippen molar-refractivity contribution in [2.24, 2.45) is 5.92 Å². The molecule has 2 atom stereocenters. The SMILES string of the molecule is C=CCOC(=O)N[C@H]1CCC[C@H](C(=O)O)C1. The van der Waals surface area contributed by atoms with E-state index in [0.717, 1.165) is 12.8 Å². The lowest BCUT2D eigenvalue weighted by Crippen LogP contribution is -2.40. The number of aliphatic carboxylic acids is 1. The zero-order valence-electron chi connectivity index (χ0n) is 9.15. The van der Waals surface area contributed by atoms with Crippen LogP contribution in [-0.2, 0) is 9.53 Å². The van der Waals surface area contributed by atoms with Gasteiger partial charge in [-0.25, -0.2) is 4.79 Å². The lowest BCUT2D eigenvalue weighted by molar-refractivity contribution is -0.143. The van der Waals surface area contributed by atoms with Gasteiger partial charge >= 0.3 is 12.1 Å². The van der Waals surface area contributed by atoms with Crippen LogP contribution in [0.5, 0.6) is 0 Å². The topological polar surface area (TPSA) is 75.6 Å². The zero-order chi connectivity index (χ0) is 12.0. The third kappa shape index (κ3) is 3.92. The Morgan fingerprint density at radius 1 is 1.50 bits per heavy atom. The number of hydrogen-bond acceptors (Lipinski definition) is 3. The van der Waals surface area contributed by atoms with Crippen LogP contribution in [0, 0.1) is 5.92 Å². The van der Waals surface area contributed by atoms with Gasteiger partial charge in [0, 0.05) is 6.04 Å². The second-order valence-corrected chi connectivity index (χ2v) is 3.93. The van der Waals surface area contributed by atoms with E-state index in [1.54, 1.807) is 0 Å². The number of hydrogen-bond donors (Lipinski definition) is 2. The summed E-state index contributed by atoms with van der Waals surface area (Å²) in [6, 6.07) is -0.0906. The summed E-state index contributed by atoms with van der Waals surface area (Å²) in [5.74, 6) is -1.13. The second kappa shape index (κ2) is 6.15. The van der Waals surface area contributed by atoms with E-state index in [4.69, 9.17) is 9.84 Å². The molecule has 0 bridgehead atoms. The van der Waals surface area contributed by atoms with Gasteiger partial charge in [0.1, 0.15) is 6.61 Å². The van der Waals surface area contributed by atoms with Crippen LogP contribution in [0.15, 0.2) is 12.7 Å². The molecule has 0 spiro atoms. The minimum Gasteiger partial charge on any atom is -0.481 e. The number of nitrogens with one attached hydrogen (secondary N) is 1. The van der Waals surface area contributed by atoms with Crippen molar-refractivity contribution in [2.75, 3.05) is 6.61 Å². The first-order chi connectivity index (χ1) is 7.63. The van der Waals surface area contributed by atoms with E-state index in [2.05, 4.69) is 11.9 Å². The molecular formula is C11H17NO4. The molecule has 0 radical (unpaired) electrons. The first-order valence-corrected chi connectivity index (χ1v) is 5.40. The fraction of sp³-hybridized carbons (Fsp3) is 0.636. The Balaban J connectivity index is 2.33. The molecule has 0 aliphatic heterocycles. The summed E-state index contributed by atoms with van der Waals surface area (Å²) in [7, 11) is 0. The van der Waals surface area contributed by atoms with Crippen LogP contribution in [0.3, 0.4) is 0 Å². The molecule has 1 aliphatic carbocycles. The molecule has 16 heavy (non-hydrogen) atoms. The van der Waals surface area contributed by atoms with Gasteiger partial charge in [0.25, 0.3) is 0 Å². The Morgan fingerprint density at radius 3 is 2.88 bits per heavy atom. The third-order valence-corrected chi connectivity index (χ3v) is 2.68. The number of alkyl carbamates (subject to hydrolysis) is 1. The summed E-state index contributed by atoms with van der Waals surface area (Å²) < 4.78 is 4.77. The highest BCUT2D eigenvalue weighted by Crippen LogP contribution is 2.24. The summed E-state index contributed by atoms with van der Waals surface area (Å²) in [6.07, 6.45) is 3.79. The summed E-state index contributed by atoms with van der Waals surface area (Å²) in [5.41, 5.74) is 0. The number of carboxylic acids is 1. The molecular weight excluding hydrogens is 210 g/mol. The molecule has 0 heterocycles. The fourth-order valence-corrected chi connectivity index (χ4v) is 1.89. The van der Waals surface area contributed by atoms with E-state index in [9.17, 15) is 9.59 Å². The van der Waals surface area contributed by atoms with Gasteiger partial charge < -0.3 is 15.2 Å². The van der Waals surface area contributed by atoms with Crippen molar-refractivity contribution in [1.82, 2.24) is 5.32 Å². The highest BCUT2D eigenvalue weighted by atomic mass is 16.5. The molecule has 5 nitrogen and oxygen atoms in total. The van der Waals surface area contributed by atoms with Gasteiger partial charge in [-0.2, -0.15) is 0 Å². The molecule has 0 aromatic heterocycles. The number of rotatable bonds is 4. The highest BCUT2D eigenvalue weighted by molar-refractivity contribution is 5.71. The van der Waals surface area contributed by atoms with Gasteiger partial charge in [-0.3, -0.25) is 4.79 Å². The van der Waals surface area contributed by atoms with E-state index in [1.165, 1.54) is 6.08 Å². The van der Waals surface area contributed by atoms with Crippen molar-refractivity contribution in [2.45, 2.75) is 31.7 Å². The molecule has 1 rings (SSSR count). The predicted octanol–water partition coefficient (Wildman–Crippen LogP) is 1.54. The highest BCUT2D eigenvalue weighted by Gasteiger charge is 2.27. The zero-order valence-corrected chi connectivity index (χ0v) is 9.15. The number of carbonyl (C=O) groups is 2. The van der Waals surface area contributed by atoms with Gasteiger partial charge in [0.15, 0.2) is 0 Å². The van der Waals surface area contributed by atoms with Crippen LogP contribution < -0.4 is 5.32 Å². The average Bonchev–Trinajstić information content (AvgIpc) is 2.26. The van der Waals surface area contributed by atoms with E-state index in [-0.39, 0.29) is 18.6 Å². The van der Waals surface area contributed by atoms with Crippen molar-refractivity contribution in [3.05, 3.63) is 12.7 Å². The van der Waals surface area contributed by atoms with Crippen molar-refractivity contribution >= 4 is 12.1 Å². The van der Waals surface area contributed by atoms with E-state index < -0.39 is 12.1 Å². The molecule has 1 fully saturated rings. The van der Waals surface area contributed by atoms with Gasteiger partial charge in [0.05, 0.1) is 5.92 Å². The first-order valence-electron chi connectivity index (χ1n) is 5.40. The maximum Gasteiger partial charge on any atom is 0.407 e. The van der Waals surface area contributed by atoms with Crippen LogP contribution in [0.1, 0.15) is 25.7 Å². The Labute approximate surface area is 94.5 Å². The minimum absolute atomic E-state index is 0.0906. The maximum atomic E-state index is 11.2. The third-order valence-electron chi connectivity index (χ3n) is 2.68. The molecule has 2 N–H and O–H groups in total. The van der Waals surface area contributed by atoms with Crippen LogP contribution in [-0.4, -0.2) is 29.8 Å². The lowest BCUT2D eigenvalue weighted by Gasteiger charge is -2.26. The monoisotopic (exact) mass is 227 g/mol. The molecule has 1 aliphatic rings. The standard InChI is InChI=1S/C11H17NO4/c1-2-6-16-11(15)12-9-5-3-4-8(7-9)10(13)14/h2,8-9H,1,3-7H2,(H,12,15)(H,13,14)/t8-,9-/m0/s1. The Bertz CT molecular complexity index is 277. The summed E-state index contributed by atoms with van der Waals surface area (Å²) in [6.45, 7) is 3.60. The minimum atomic E-state index is -0.786. The number of carbonyl (C=O) groups excluding carboxylic acids is 1. The fourth-order valence-electron chi connectivity index (χ4n) is 1.89. The van der Waals surface area contributed by atoms with E-state index in [0.29, 0.717) is 12.8 Å². The van der Waals surface area contributed by atoms with Gasteiger partial charge in [0.2, 0.25) is 0 Å². The van der Waals surface area contributed by atoms with Gasteiger partial charge in [-0.05, 0) is 19.3 Å². The summed E-state index contributed by atoms with van der Waals surface area (Å²) in [4.78, 5) is 22.0. The average molecular weight is 227 g/mol. The predicted molar refractivity (Wildman–Crippen MR) is 58.1 cm³/mol. The van der Waals surface area contributed by atoms with Crippen molar-refractivity contribution < 1.29 is 19.4 Å². The lowest BCUT2D eigenvalue weighted by atomic mass is 9.86. The number of carboxylic acid groups (broad SMARTS) is 1. The smallest absolute Gasteiger partial charge is 0.407 e. The Morgan fingerprint density at radius 2 is 2.25 bits per heavy atom. The first kappa shape index (κ1) is 12.5. The van der Waals surface area contributed by atoms with E-state index in [1.807, 2.05) is 0 Å².